The number of benzene rings is 1. The van der Waals surface area contributed by atoms with Gasteiger partial charge >= 0.3 is 0 Å². The van der Waals surface area contributed by atoms with Crippen LogP contribution in [0.25, 0.3) is 0 Å². The van der Waals surface area contributed by atoms with Gasteiger partial charge in [-0.15, -0.1) is 0 Å². The highest BCUT2D eigenvalue weighted by Crippen LogP contribution is 2.31. The second-order valence-electron chi connectivity index (χ2n) is 3.47. The third kappa shape index (κ3) is 1.85. The zero-order chi connectivity index (χ0) is 9.97. The molecule has 0 saturated heterocycles. The molecule has 0 fully saturated rings. The van der Waals surface area contributed by atoms with E-state index in [1.165, 1.54) is 15.6 Å². The maximum atomic E-state index is 5.72. The SMILES string of the molecule is CNC[C@H]1OCCc2c(Br)cccc21. The summed E-state index contributed by atoms with van der Waals surface area (Å²) < 4.78 is 6.92. The number of ether oxygens (including phenoxy) is 1. The van der Waals surface area contributed by atoms with E-state index in [-0.39, 0.29) is 6.10 Å². The van der Waals surface area contributed by atoms with Crippen LogP contribution in [0.3, 0.4) is 0 Å². The van der Waals surface area contributed by atoms with Crippen LogP contribution < -0.4 is 5.32 Å². The third-order valence-electron chi connectivity index (χ3n) is 2.56. The Bertz CT molecular complexity index is 327. The van der Waals surface area contributed by atoms with Gasteiger partial charge in [0.1, 0.15) is 0 Å². The molecule has 0 aromatic heterocycles. The van der Waals surface area contributed by atoms with E-state index in [2.05, 4.69) is 39.4 Å². The van der Waals surface area contributed by atoms with Gasteiger partial charge in [-0.2, -0.15) is 0 Å². The monoisotopic (exact) mass is 255 g/mol. The number of halogens is 1. The highest BCUT2D eigenvalue weighted by molar-refractivity contribution is 9.10. The standard InChI is InChI=1S/C11H14BrNO/c1-13-7-11-9-3-2-4-10(12)8(9)5-6-14-11/h2-4,11,13H,5-7H2,1H3/t11-/m1/s1. The van der Waals surface area contributed by atoms with Crippen LogP contribution in [0, 0.1) is 0 Å². The summed E-state index contributed by atoms with van der Waals surface area (Å²) >= 11 is 3.58. The molecule has 0 spiro atoms. The van der Waals surface area contributed by atoms with Crippen molar-refractivity contribution >= 4 is 15.9 Å². The van der Waals surface area contributed by atoms with Crippen LogP contribution in [0.5, 0.6) is 0 Å². The van der Waals surface area contributed by atoms with Gasteiger partial charge in [-0.3, -0.25) is 0 Å². The van der Waals surface area contributed by atoms with Gasteiger partial charge in [0.25, 0.3) is 0 Å². The van der Waals surface area contributed by atoms with Crippen LogP contribution in [0.4, 0.5) is 0 Å². The molecule has 14 heavy (non-hydrogen) atoms. The van der Waals surface area contributed by atoms with E-state index in [1.807, 2.05) is 7.05 Å². The predicted octanol–water partition coefficient (Wildman–Crippen LogP) is 2.28. The summed E-state index contributed by atoms with van der Waals surface area (Å²) in [7, 11) is 1.95. The molecule has 0 unspecified atom stereocenters. The average molecular weight is 256 g/mol. The van der Waals surface area contributed by atoms with Crippen molar-refractivity contribution in [2.75, 3.05) is 20.2 Å². The maximum Gasteiger partial charge on any atom is 0.0952 e. The molecule has 1 atom stereocenters. The molecular weight excluding hydrogens is 242 g/mol. The van der Waals surface area contributed by atoms with Crippen LogP contribution >= 0.6 is 15.9 Å². The van der Waals surface area contributed by atoms with Gasteiger partial charge in [-0.25, -0.2) is 0 Å². The van der Waals surface area contributed by atoms with Crippen LogP contribution in [0.1, 0.15) is 17.2 Å². The molecule has 1 aromatic carbocycles. The molecule has 2 rings (SSSR count). The lowest BCUT2D eigenvalue weighted by molar-refractivity contribution is 0.0436. The summed E-state index contributed by atoms with van der Waals surface area (Å²) in [6.07, 6.45) is 1.22. The maximum absolute atomic E-state index is 5.72. The number of likely N-dealkylation sites (N-methyl/N-ethyl adjacent to an activating group) is 1. The molecule has 1 aliphatic heterocycles. The van der Waals surface area contributed by atoms with Crippen molar-refractivity contribution < 1.29 is 4.74 Å². The van der Waals surface area contributed by atoms with Gasteiger partial charge in [-0.05, 0) is 30.7 Å². The van der Waals surface area contributed by atoms with Crippen molar-refractivity contribution in [2.45, 2.75) is 12.5 Å². The van der Waals surface area contributed by atoms with Gasteiger partial charge in [-0.1, -0.05) is 28.1 Å². The minimum absolute atomic E-state index is 0.209. The number of fused-ring (bicyclic) bond motifs is 1. The second-order valence-corrected chi connectivity index (χ2v) is 4.33. The van der Waals surface area contributed by atoms with Gasteiger partial charge in [0.05, 0.1) is 12.7 Å². The number of rotatable bonds is 2. The topological polar surface area (TPSA) is 21.3 Å². The number of hydrogen-bond acceptors (Lipinski definition) is 2. The normalized spacial score (nSPS) is 20.6. The summed E-state index contributed by atoms with van der Waals surface area (Å²) in [5.74, 6) is 0. The van der Waals surface area contributed by atoms with E-state index in [9.17, 15) is 0 Å². The number of hydrogen-bond donors (Lipinski definition) is 1. The summed E-state index contributed by atoms with van der Waals surface area (Å²) in [4.78, 5) is 0. The van der Waals surface area contributed by atoms with E-state index in [4.69, 9.17) is 4.74 Å². The molecule has 2 nitrogen and oxygen atoms in total. The molecule has 1 N–H and O–H groups in total. The van der Waals surface area contributed by atoms with Crippen molar-refractivity contribution in [1.82, 2.24) is 5.32 Å². The smallest absolute Gasteiger partial charge is 0.0952 e. The molecule has 76 valence electrons. The van der Waals surface area contributed by atoms with Crippen molar-refractivity contribution in [3.63, 3.8) is 0 Å². The highest BCUT2D eigenvalue weighted by Gasteiger charge is 2.21. The van der Waals surface area contributed by atoms with E-state index in [0.29, 0.717) is 0 Å². The molecular formula is C11H14BrNO. The Hall–Kier alpha value is -0.380. The minimum atomic E-state index is 0.209. The Morgan fingerprint density at radius 3 is 3.21 bits per heavy atom. The van der Waals surface area contributed by atoms with E-state index < -0.39 is 0 Å². The van der Waals surface area contributed by atoms with E-state index in [0.717, 1.165) is 19.6 Å². The lowest BCUT2D eigenvalue weighted by Gasteiger charge is -2.26. The lowest BCUT2D eigenvalue weighted by atomic mass is 9.97. The quantitative estimate of drug-likeness (QED) is 0.876. The van der Waals surface area contributed by atoms with Crippen molar-refractivity contribution in [2.24, 2.45) is 0 Å². The molecule has 1 aromatic rings. The zero-order valence-corrected chi connectivity index (χ0v) is 9.80. The lowest BCUT2D eigenvalue weighted by Crippen LogP contribution is -2.25. The zero-order valence-electron chi connectivity index (χ0n) is 8.22. The first-order valence-electron chi connectivity index (χ1n) is 4.86. The van der Waals surface area contributed by atoms with Gasteiger partial charge in [0.15, 0.2) is 0 Å². The Morgan fingerprint density at radius 1 is 1.57 bits per heavy atom. The Kier molecular flexibility index (Phi) is 3.21. The molecule has 0 amide bonds. The minimum Gasteiger partial charge on any atom is -0.372 e. The number of nitrogens with one attached hydrogen (secondary N) is 1. The first kappa shape index (κ1) is 10.1. The van der Waals surface area contributed by atoms with Crippen LogP contribution in [0.2, 0.25) is 0 Å². The summed E-state index contributed by atoms with van der Waals surface area (Å²) in [5, 5.41) is 3.16. The first-order valence-corrected chi connectivity index (χ1v) is 5.65. The van der Waals surface area contributed by atoms with E-state index in [1.54, 1.807) is 0 Å². The molecule has 1 aliphatic rings. The second kappa shape index (κ2) is 4.43. The predicted molar refractivity (Wildman–Crippen MR) is 60.5 cm³/mol. The van der Waals surface area contributed by atoms with Crippen molar-refractivity contribution in [3.8, 4) is 0 Å². The fraction of sp³-hybridized carbons (Fsp3) is 0.455. The van der Waals surface area contributed by atoms with E-state index >= 15 is 0 Å². The van der Waals surface area contributed by atoms with Crippen molar-refractivity contribution in [3.05, 3.63) is 33.8 Å². The van der Waals surface area contributed by atoms with Crippen LogP contribution in [-0.2, 0) is 11.2 Å². The van der Waals surface area contributed by atoms with Gasteiger partial charge in [0.2, 0.25) is 0 Å². The largest absolute Gasteiger partial charge is 0.372 e. The Morgan fingerprint density at radius 2 is 2.43 bits per heavy atom. The van der Waals surface area contributed by atoms with Gasteiger partial charge in [0, 0.05) is 11.0 Å². The van der Waals surface area contributed by atoms with Crippen LogP contribution in [-0.4, -0.2) is 20.2 Å². The summed E-state index contributed by atoms with van der Waals surface area (Å²) in [5.41, 5.74) is 2.72. The molecule has 0 bridgehead atoms. The Labute approximate surface area is 92.8 Å². The molecule has 3 heteroatoms. The van der Waals surface area contributed by atoms with Crippen molar-refractivity contribution in [1.29, 1.82) is 0 Å². The fourth-order valence-electron chi connectivity index (χ4n) is 1.89. The fourth-order valence-corrected chi connectivity index (χ4v) is 2.47. The molecule has 0 saturated carbocycles. The molecule has 0 radical (unpaired) electrons. The van der Waals surface area contributed by atoms with Gasteiger partial charge < -0.3 is 10.1 Å². The molecule has 0 aliphatic carbocycles. The molecule has 1 heterocycles. The highest BCUT2D eigenvalue weighted by atomic mass is 79.9. The van der Waals surface area contributed by atoms with Crippen LogP contribution in [0.15, 0.2) is 22.7 Å². The third-order valence-corrected chi connectivity index (χ3v) is 3.31. The average Bonchev–Trinajstić information content (AvgIpc) is 2.20. The summed E-state index contributed by atoms with van der Waals surface area (Å²) in [6.45, 7) is 1.70. The first-order chi connectivity index (χ1) is 6.83. The summed E-state index contributed by atoms with van der Waals surface area (Å²) in [6, 6.07) is 6.32. The Balaban J connectivity index is 2.34.